The van der Waals surface area contributed by atoms with Gasteiger partial charge in [0.2, 0.25) is 17.5 Å². The van der Waals surface area contributed by atoms with Crippen LogP contribution >= 0.6 is 0 Å². The van der Waals surface area contributed by atoms with Crippen molar-refractivity contribution in [3.63, 3.8) is 0 Å². The number of ether oxygens (including phenoxy) is 2. The summed E-state index contributed by atoms with van der Waals surface area (Å²) in [5, 5.41) is 16.3. The number of carbonyl (C=O) groups is 5. The van der Waals surface area contributed by atoms with E-state index in [4.69, 9.17) is 14.3 Å². The first-order valence-electron chi connectivity index (χ1n) is 14.1. The topological polar surface area (TPSA) is 169 Å². The maximum Gasteiger partial charge on any atom is 0.312 e. The lowest BCUT2D eigenvalue weighted by molar-refractivity contribution is -0.138. The largest absolute Gasteiger partial charge is 0.390 e. The Balaban J connectivity index is 2.63. The zero-order valence-electron chi connectivity index (χ0n) is 25.8. The first kappa shape index (κ1) is 35.5. The Bertz CT molecular complexity index is 1230. The van der Waals surface area contributed by atoms with Crippen LogP contribution in [-0.4, -0.2) is 73.5 Å². The Morgan fingerprint density at radius 2 is 1.86 bits per heavy atom. The fourth-order valence-electron chi connectivity index (χ4n) is 4.96. The van der Waals surface area contributed by atoms with E-state index in [1.165, 1.54) is 27.2 Å². The van der Waals surface area contributed by atoms with E-state index in [0.717, 1.165) is 6.08 Å². The van der Waals surface area contributed by atoms with Gasteiger partial charge in [-0.3, -0.25) is 24.0 Å². The molecule has 1 aliphatic heterocycles. The Morgan fingerprint density at radius 3 is 2.47 bits per heavy atom. The number of methoxy groups -OCH3 is 2. The molecule has 2 aliphatic rings. The fourth-order valence-corrected chi connectivity index (χ4v) is 4.96. The van der Waals surface area contributed by atoms with Crippen LogP contribution in [0.1, 0.15) is 53.9 Å². The molecule has 1 heterocycles. The molecular formula is C31H43N3O9. The number of allylic oxidation sites excluding steroid dienone is 4. The van der Waals surface area contributed by atoms with E-state index in [9.17, 15) is 29.1 Å². The molecule has 43 heavy (non-hydrogen) atoms. The predicted molar refractivity (Wildman–Crippen MR) is 158 cm³/mol. The quantitative estimate of drug-likeness (QED) is 0.146. The Hall–Kier alpha value is -3.71. The second kappa shape index (κ2) is 16.8. The van der Waals surface area contributed by atoms with E-state index in [1.54, 1.807) is 26.0 Å². The lowest BCUT2D eigenvalue weighted by Gasteiger charge is -2.30. The number of ketones is 2. The highest BCUT2D eigenvalue weighted by Crippen LogP contribution is 2.28. The Kier molecular flexibility index (Phi) is 13.9. The third-order valence-electron chi connectivity index (χ3n) is 7.45. The number of hydrogen-bond donors (Lipinski definition) is 4. The molecule has 2 rings (SSSR count). The predicted octanol–water partition coefficient (Wildman–Crippen LogP) is 1.87. The molecule has 0 saturated heterocycles. The zero-order chi connectivity index (χ0) is 32.3. The molecule has 0 saturated carbocycles. The number of carbonyl (C=O) groups excluding carboxylic acids is 5. The highest BCUT2D eigenvalue weighted by Gasteiger charge is 2.33. The third kappa shape index (κ3) is 9.65. The minimum atomic E-state index is -0.967. The van der Waals surface area contributed by atoms with Crippen LogP contribution in [0.4, 0.5) is 0 Å². The van der Waals surface area contributed by atoms with Gasteiger partial charge in [-0.05, 0) is 32.6 Å². The van der Waals surface area contributed by atoms with E-state index in [1.807, 2.05) is 19.9 Å². The van der Waals surface area contributed by atoms with Crippen molar-refractivity contribution >= 4 is 29.9 Å². The second-order valence-corrected chi connectivity index (χ2v) is 10.8. The van der Waals surface area contributed by atoms with Gasteiger partial charge in [-0.15, -0.1) is 5.48 Å². The normalized spacial score (nSPS) is 31.2. The molecule has 2 amide bonds. The number of nitrogens with one attached hydrogen (secondary N) is 3. The molecule has 6 atom stereocenters. The molecule has 0 unspecified atom stereocenters. The van der Waals surface area contributed by atoms with Crippen LogP contribution in [0, 0.1) is 11.8 Å². The summed E-state index contributed by atoms with van der Waals surface area (Å²) in [6, 6.07) is -0.637. The molecule has 12 heteroatoms. The molecule has 0 aromatic carbocycles. The molecule has 0 aromatic heterocycles. The highest BCUT2D eigenvalue weighted by molar-refractivity contribution is 6.24. The van der Waals surface area contributed by atoms with Gasteiger partial charge < -0.3 is 30.1 Å². The average molecular weight is 602 g/mol. The highest BCUT2D eigenvalue weighted by atomic mass is 16.7. The first-order chi connectivity index (χ1) is 20.4. The average Bonchev–Trinajstić information content (AvgIpc) is 2.97. The summed E-state index contributed by atoms with van der Waals surface area (Å²) in [6.07, 6.45) is 5.76. The number of hydrogen-bond acceptors (Lipinski definition) is 10. The summed E-state index contributed by atoms with van der Waals surface area (Å²) in [4.78, 5) is 67.6. The van der Waals surface area contributed by atoms with Crippen LogP contribution in [0.25, 0.3) is 0 Å². The van der Waals surface area contributed by atoms with Crippen molar-refractivity contribution in [2.75, 3.05) is 14.2 Å². The van der Waals surface area contributed by atoms with E-state index in [2.05, 4.69) is 16.1 Å². The van der Waals surface area contributed by atoms with Gasteiger partial charge in [0, 0.05) is 43.8 Å². The number of aliphatic hydroxyl groups excluding tert-OH is 1. The third-order valence-corrected chi connectivity index (χ3v) is 7.45. The van der Waals surface area contributed by atoms with Crippen molar-refractivity contribution in [1.82, 2.24) is 16.1 Å². The molecule has 0 aromatic rings. The van der Waals surface area contributed by atoms with Gasteiger partial charge in [0.15, 0.2) is 0 Å². The lowest BCUT2D eigenvalue weighted by atomic mass is 9.85. The number of Topliss-reactive ketones (excluding diaryl/α,β-unsaturated/α-hetero) is 1. The number of rotatable bonds is 7. The summed E-state index contributed by atoms with van der Waals surface area (Å²) in [7, 11) is 2.94. The van der Waals surface area contributed by atoms with Crippen LogP contribution < -0.4 is 16.1 Å². The lowest BCUT2D eigenvalue weighted by Crippen LogP contribution is -2.41. The van der Waals surface area contributed by atoms with Gasteiger partial charge in [-0.2, -0.15) is 0 Å². The fraction of sp³-hybridized carbons (Fsp3) is 0.516. The van der Waals surface area contributed by atoms with E-state index < -0.39 is 53.7 Å². The molecule has 4 N–H and O–H groups in total. The van der Waals surface area contributed by atoms with Crippen LogP contribution in [0.3, 0.4) is 0 Å². The van der Waals surface area contributed by atoms with Gasteiger partial charge in [0.25, 0.3) is 5.91 Å². The molecule has 0 spiro atoms. The van der Waals surface area contributed by atoms with E-state index in [0.29, 0.717) is 12.0 Å². The zero-order valence-corrected chi connectivity index (χ0v) is 25.8. The molecule has 236 valence electrons. The van der Waals surface area contributed by atoms with Crippen LogP contribution in [-0.2, 0) is 38.3 Å². The van der Waals surface area contributed by atoms with Gasteiger partial charge in [0.05, 0.1) is 35.7 Å². The molecule has 12 nitrogen and oxygen atoms in total. The number of aliphatic hydroxyl groups is 1. The maximum absolute atomic E-state index is 13.6. The summed E-state index contributed by atoms with van der Waals surface area (Å²) in [5.41, 5.74) is 3.33. The molecule has 1 aliphatic carbocycles. The summed E-state index contributed by atoms with van der Waals surface area (Å²) < 4.78 is 11.2. The van der Waals surface area contributed by atoms with Crippen molar-refractivity contribution in [3.05, 3.63) is 58.5 Å². The van der Waals surface area contributed by atoms with Crippen molar-refractivity contribution in [2.45, 2.75) is 78.2 Å². The van der Waals surface area contributed by atoms with Gasteiger partial charge >= 0.3 is 6.47 Å². The second-order valence-electron chi connectivity index (χ2n) is 10.8. The number of hydroxylamine groups is 1. The monoisotopic (exact) mass is 601 g/mol. The van der Waals surface area contributed by atoms with Crippen molar-refractivity contribution in [2.24, 2.45) is 11.8 Å². The number of fused-ring (bicyclic) bond motifs is 2. The van der Waals surface area contributed by atoms with Gasteiger partial charge in [-0.25, -0.2) is 0 Å². The maximum atomic E-state index is 13.6. The summed E-state index contributed by atoms with van der Waals surface area (Å²) in [5.74, 6) is -2.94. The Labute approximate surface area is 252 Å². The van der Waals surface area contributed by atoms with Crippen molar-refractivity contribution in [3.8, 4) is 0 Å². The van der Waals surface area contributed by atoms with E-state index in [-0.39, 0.29) is 47.8 Å². The van der Waals surface area contributed by atoms with Crippen LogP contribution in [0.15, 0.2) is 58.5 Å². The SMILES string of the molecule is CCC(=O)NC1=C2C[C@@H](C)C[C@H](OC)[C@H](O)[C@@H](C)/C=C(\C)[C@H](NOC=O)[C@@H](OC)/C=C\C=C(/C)C(=O)NC(=CC1=O)C2=O. The van der Waals surface area contributed by atoms with Gasteiger partial charge in [-0.1, -0.05) is 50.6 Å². The van der Waals surface area contributed by atoms with Gasteiger partial charge in [0.1, 0.15) is 0 Å². The minimum absolute atomic E-state index is 0.0664. The molecular weight excluding hydrogens is 558 g/mol. The van der Waals surface area contributed by atoms with E-state index >= 15 is 0 Å². The standard InChI is InChI=1S/C31H43N3O9/c1-8-26(37)33-28-21-12-17(2)13-25(42-7)29(38)20(5)14-19(4)27(34-43-16-35)24(41-6)11-9-10-18(3)31(40)32-22(30(21)39)15-23(28)36/h9-11,14-17,20,24-25,27,29,34,38H,8,12-13H2,1-7H3,(H,32,40)(H,33,37)/b11-9-,18-10+,19-14+/t17-,20+,24+,25+,27+,29-/m1/s1. The molecule has 2 bridgehead atoms. The Morgan fingerprint density at radius 1 is 1.16 bits per heavy atom. The smallest absolute Gasteiger partial charge is 0.312 e. The first-order valence-corrected chi connectivity index (χ1v) is 14.1. The van der Waals surface area contributed by atoms with Crippen molar-refractivity contribution in [1.29, 1.82) is 0 Å². The minimum Gasteiger partial charge on any atom is -0.390 e. The van der Waals surface area contributed by atoms with Crippen LogP contribution in [0.2, 0.25) is 0 Å². The van der Waals surface area contributed by atoms with Crippen molar-refractivity contribution < 1.29 is 43.4 Å². The summed E-state index contributed by atoms with van der Waals surface area (Å²) >= 11 is 0. The molecule has 0 fully saturated rings. The van der Waals surface area contributed by atoms with Crippen LogP contribution in [0.5, 0.6) is 0 Å². The summed E-state index contributed by atoms with van der Waals surface area (Å²) in [6.45, 7) is 8.86. The molecule has 0 radical (unpaired) electrons. The number of amides is 2.